The SMILES string of the molecule is C[C@@H]1CN(CC(=O)Nc2cc(S(=O)(=O)N(C)C)ccc2Cl)C[C@H](C)O1. The summed E-state index contributed by atoms with van der Waals surface area (Å²) in [5.41, 5.74) is 0.281. The van der Waals surface area contributed by atoms with Crippen LogP contribution in [-0.2, 0) is 19.6 Å². The highest BCUT2D eigenvalue weighted by Gasteiger charge is 2.24. The highest BCUT2D eigenvalue weighted by molar-refractivity contribution is 7.89. The average Bonchev–Trinajstić information content (AvgIpc) is 2.47. The number of sulfonamides is 1. The number of benzene rings is 1. The third-order valence-electron chi connectivity index (χ3n) is 3.85. The number of anilines is 1. The number of ether oxygens (including phenoxy) is 1. The molecule has 9 heteroatoms. The van der Waals surface area contributed by atoms with Crippen molar-refractivity contribution in [3.05, 3.63) is 23.2 Å². The second kappa shape index (κ2) is 8.01. The van der Waals surface area contributed by atoms with Crippen LogP contribution in [0.4, 0.5) is 5.69 Å². The van der Waals surface area contributed by atoms with Gasteiger partial charge in [-0.3, -0.25) is 9.69 Å². The lowest BCUT2D eigenvalue weighted by Gasteiger charge is -2.34. The van der Waals surface area contributed by atoms with Gasteiger partial charge in [-0.05, 0) is 32.0 Å². The van der Waals surface area contributed by atoms with E-state index < -0.39 is 10.0 Å². The number of halogens is 1. The predicted octanol–water partition coefficient (Wildman–Crippen LogP) is 1.64. The van der Waals surface area contributed by atoms with E-state index in [1.54, 1.807) is 0 Å². The molecule has 0 spiro atoms. The third kappa shape index (κ3) is 5.15. The molecule has 0 radical (unpaired) electrons. The van der Waals surface area contributed by atoms with Gasteiger partial charge in [0.25, 0.3) is 0 Å². The minimum absolute atomic E-state index is 0.0636. The number of nitrogens with one attached hydrogen (secondary N) is 1. The summed E-state index contributed by atoms with van der Waals surface area (Å²) in [4.78, 5) is 14.4. The predicted molar refractivity (Wildman–Crippen MR) is 97.4 cm³/mol. The number of carbonyl (C=O) groups is 1. The van der Waals surface area contributed by atoms with Crippen molar-refractivity contribution < 1.29 is 17.9 Å². The maximum atomic E-state index is 12.3. The van der Waals surface area contributed by atoms with Crippen molar-refractivity contribution in [2.75, 3.05) is 39.0 Å². The molecule has 0 unspecified atom stereocenters. The van der Waals surface area contributed by atoms with E-state index in [1.807, 2.05) is 18.7 Å². The van der Waals surface area contributed by atoms with Gasteiger partial charge < -0.3 is 10.1 Å². The van der Waals surface area contributed by atoms with Crippen molar-refractivity contribution in [1.82, 2.24) is 9.21 Å². The highest BCUT2D eigenvalue weighted by atomic mass is 35.5. The van der Waals surface area contributed by atoms with E-state index in [4.69, 9.17) is 16.3 Å². The first-order valence-electron chi connectivity index (χ1n) is 7.99. The lowest BCUT2D eigenvalue weighted by Crippen LogP contribution is -2.48. The normalized spacial score (nSPS) is 22.2. The van der Waals surface area contributed by atoms with E-state index in [0.29, 0.717) is 13.1 Å². The Kier molecular flexibility index (Phi) is 6.45. The molecule has 25 heavy (non-hydrogen) atoms. The molecular formula is C16H24ClN3O4S. The molecule has 1 aromatic carbocycles. The molecule has 0 saturated carbocycles. The van der Waals surface area contributed by atoms with Gasteiger partial charge in [-0.2, -0.15) is 0 Å². The molecular weight excluding hydrogens is 366 g/mol. The summed E-state index contributed by atoms with van der Waals surface area (Å²) in [6.45, 7) is 5.46. The Bertz CT molecular complexity index is 729. The van der Waals surface area contributed by atoms with Gasteiger partial charge in [-0.1, -0.05) is 11.6 Å². The second-order valence-electron chi connectivity index (χ2n) is 6.43. The molecule has 0 aromatic heterocycles. The molecule has 1 saturated heterocycles. The number of nitrogens with zero attached hydrogens (tertiary/aromatic N) is 2. The van der Waals surface area contributed by atoms with Crippen LogP contribution in [0.2, 0.25) is 5.02 Å². The largest absolute Gasteiger partial charge is 0.373 e. The van der Waals surface area contributed by atoms with Crippen LogP contribution >= 0.6 is 11.6 Å². The van der Waals surface area contributed by atoms with Crippen LogP contribution < -0.4 is 5.32 Å². The Labute approximate surface area is 153 Å². The summed E-state index contributed by atoms with van der Waals surface area (Å²) in [6.07, 6.45) is 0.127. The topological polar surface area (TPSA) is 79.0 Å². The average molecular weight is 390 g/mol. The Hall–Kier alpha value is -1.19. The zero-order valence-corrected chi connectivity index (χ0v) is 16.4. The molecule has 7 nitrogen and oxygen atoms in total. The van der Waals surface area contributed by atoms with E-state index in [2.05, 4.69) is 5.32 Å². The van der Waals surface area contributed by atoms with Gasteiger partial charge in [0.05, 0.1) is 34.4 Å². The van der Waals surface area contributed by atoms with E-state index in [1.165, 1.54) is 32.3 Å². The number of amides is 1. The van der Waals surface area contributed by atoms with Gasteiger partial charge in [0.2, 0.25) is 15.9 Å². The third-order valence-corrected chi connectivity index (χ3v) is 5.99. The molecule has 2 rings (SSSR count). The number of rotatable bonds is 5. The summed E-state index contributed by atoms with van der Waals surface area (Å²) >= 11 is 6.10. The van der Waals surface area contributed by atoms with Crippen molar-refractivity contribution in [3.63, 3.8) is 0 Å². The van der Waals surface area contributed by atoms with Crippen LogP contribution in [0.15, 0.2) is 23.1 Å². The van der Waals surface area contributed by atoms with Crippen molar-refractivity contribution >= 4 is 33.2 Å². The summed E-state index contributed by atoms with van der Waals surface area (Å²) in [7, 11) is -0.703. The molecule has 140 valence electrons. The zero-order chi connectivity index (χ0) is 18.8. The van der Waals surface area contributed by atoms with Gasteiger partial charge in [0.15, 0.2) is 0 Å². The summed E-state index contributed by atoms with van der Waals surface area (Å²) in [6, 6.07) is 4.26. The van der Waals surface area contributed by atoms with E-state index in [0.717, 1.165) is 4.31 Å². The monoisotopic (exact) mass is 389 g/mol. The Morgan fingerprint density at radius 1 is 1.32 bits per heavy atom. The minimum Gasteiger partial charge on any atom is -0.373 e. The first-order chi connectivity index (χ1) is 11.6. The summed E-state index contributed by atoms with van der Waals surface area (Å²) < 4.78 is 31.2. The number of hydrogen-bond acceptors (Lipinski definition) is 5. The quantitative estimate of drug-likeness (QED) is 0.828. The van der Waals surface area contributed by atoms with Crippen LogP contribution in [0, 0.1) is 0 Å². The lowest BCUT2D eigenvalue weighted by atomic mass is 10.2. The molecule has 2 atom stereocenters. The van der Waals surface area contributed by atoms with Gasteiger partial charge in [0, 0.05) is 27.2 Å². The maximum Gasteiger partial charge on any atom is 0.242 e. The molecule has 1 heterocycles. The van der Waals surface area contributed by atoms with Crippen LogP contribution in [0.25, 0.3) is 0 Å². The molecule has 1 aliphatic rings. The highest BCUT2D eigenvalue weighted by Crippen LogP contribution is 2.26. The number of carbonyl (C=O) groups excluding carboxylic acids is 1. The second-order valence-corrected chi connectivity index (χ2v) is 8.99. The van der Waals surface area contributed by atoms with Crippen LogP contribution in [0.3, 0.4) is 0 Å². The summed E-state index contributed by atoms with van der Waals surface area (Å²) in [5.74, 6) is -0.248. The van der Waals surface area contributed by atoms with E-state index in [-0.39, 0.29) is 40.3 Å². The molecule has 1 aliphatic heterocycles. The van der Waals surface area contributed by atoms with Crippen molar-refractivity contribution in [2.24, 2.45) is 0 Å². The van der Waals surface area contributed by atoms with Crippen molar-refractivity contribution in [3.8, 4) is 0 Å². The fourth-order valence-electron chi connectivity index (χ4n) is 2.78. The fourth-order valence-corrected chi connectivity index (χ4v) is 3.87. The molecule has 0 aliphatic carbocycles. The first kappa shape index (κ1) is 20.1. The molecule has 1 amide bonds. The molecule has 1 fully saturated rings. The fraction of sp³-hybridized carbons (Fsp3) is 0.562. The standard InChI is InChI=1S/C16H24ClN3O4S/c1-11-8-20(9-12(2)24-11)10-16(21)18-15-7-13(5-6-14(15)17)25(22,23)19(3)4/h5-7,11-12H,8-10H2,1-4H3,(H,18,21)/t11-,12+. The van der Waals surface area contributed by atoms with E-state index in [9.17, 15) is 13.2 Å². The van der Waals surface area contributed by atoms with Gasteiger partial charge >= 0.3 is 0 Å². The van der Waals surface area contributed by atoms with Crippen LogP contribution in [0.5, 0.6) is 0 Å². The number of morpholine rings is 1. The van der Waals surface area contributed by atoms with Crippen LogP contribution in [0.1, 0.15) is 13.8 Å². The Balaban J connectivity index is 2.10. The van der Waals surface area contributed by atoms with Gasteiger partial charge in [-0.25, -0.2) is 12.7 Å². The zero-order valence-electron chi connectivity index (χ0n) is 14.8. The Morgan fingerprint density at radius 2 is 1.92 bits per heavy atom. The minimum atomic E-state index is -3.60. The summed E-state index contributed by atoms with van der Waals surface area (Å²) in [5, 5.41) is 2.99. The van der Waals surface area contributed by atoms with Crippen molar-refractivity contribution in [2.45, 2.75) is 31.0 Å². The van der Waals surface area contributed by atoms with Gasteiger partial charge in [0.1, 0.15) is 0 Å². The lowest BCUT2D eigenvalue weighted by molar-refractivity contribution is -0.121. The molecule has 0 bridgehead atoms. The molecule has 1 aromatic rings. The molecule has 1 N–H and O–H groups in total. The van der Waals surface area contributed by atoms with Crippen LogP contribution in [-0.4, -0.2) is 69.5 Å². The maximum absolute atomic E-state index is 12.3. The first-order valence-corrected chi connectivity index (χ1v) is 9.81. The van der Waals surface area contributed by atoms with E-state index >= 15 is 0 Å². The number of hydrogen-bond donors (Lipinski definition) is 1. The van der Waals surface area contributed by atoms with Gasteiger partial charge in [-0.15, -0.1) is 0 Å². The smallest absolute Gasteiger partial charge is 0.242 e. The Morgan fingerprint density at radius 3 is 2.48 bits per heavy atom. The van der Waals surface area contributed by atoms with Crippen molar-refractivity contribution in [1.29, 1.82) is 0 Å².